The van der Waals surface area contributed by atoms with E-state index in [2.05, 4.69) is 9.97 Å². The van der Waals surface area contributed by atoms with Crippen molar-refractivity contribution < 1.29 is 9.13 Å². The molecule has 1 saturated heterocycles. The number of ether oxygens (including phenoxy) is 1. The Morgan fingerprint density at radius 1 is 1.12 bits per heavy atom. The van der Waals surface area contributed by atoms with Crippen LogP contribution in [0.3, 0.4) is 0 Å². The third-order valence-electron chi connectivity index (χ3n) is 6.49. The summed E-state index contributed by atoms with van der Waals surface area (Å²) >= 11 is 5.99. The van der Waals surface area contributed by atoms with Crippen molar-refractivity contribution in [2.45, 2.75) is 45.6 Å². The molecule has 0 radical (unpaired) electrons. The number of rotatable bonds is 3. The van der Waals surface area contributed by atoms with Gasteiger partial charge in [0.25, 0.3) is 5.56 Å². The molecule has 0 spiro atoms. The quantitative estimate of drug-likeness (QED) is 0.388. The molecule has 5 rings (SSSR count). The number of hydrogen-bond donors (Lipinski definition) is 0. The Hall–Kier alpha value is -3.16. The summed E-state index contributed by atoms with van der Waals surface area (Å²) in [4.78, 5) is 22.0. The fraction of sp³-hybridized carbons (Fsp3) is 0.308. The summed E-state index contributed by atoms with van der Waals surface area (Å²) in [6, 6.07) is 10.4. The van der Waals surface area contributed by atoms with Crippen molar-refractivity contribution in [2.75, 3.05) is 6.61 Å². The van der Waals surface area contributed by atoms with E-state index in [9.17, 15) is 9.18 Å². The largest absolute Gasteiger partial charge is 0.373 e. The summed E-state index contributed by atoms with van der Waals surface area (Å²) in [6.45, 7) is 6.00. The number of aromatic nitrogens is 4. The summed E-state index contributed by atoms with van der Waals surface area (Å²) in [6.07, 6.45) is 3.11. The van der Waals surface area contributed by atoms with E-state index in [0.717, 1.165) is 17.7 Å². The molecule has 34 heavy (non-hydrogen) atoms. The molecule has 0 unspecified atom stereocenters. The maximum Gasteiger partial charge on any atom is 0.277 e. The van der Waals surface area contributed by atoms with Crippen LogP contribution in [-0.4, -0.2) is 26.2 Å². The lowest BCUT2D eigenvalue weighted by atomic mass is 9.88. The lowest BCUT2D eigenvalue weighted by molar-refractivity contribution is 0.00440. The van der Waals surface area contributed by atoms with Crippen molar-refractivity contribution in [3.8, 4) is 11.1 Å². The van der Waals surface area contributed by atoms with Gasteiger partial charge in [-0.3, -0.25) is 9.78 Å². The number of aryl methyl sites for hydroxylation is 2. The number of benzene rings is 1. The molecule has 4 aromatic rings. The molecule has 0 amide bonds. The first-order valence-corrected chi connectivity index (χ1v) is 11.6. The highest BCUT2D eigenvalue weighted by Crippen LogP contribution is 2.38. The van der Waals surface area contributed by atoms with Crippen LogP contribution in [0.2, 0.25) is 5.02 Å². The Balaban J connectivity index is 1.66. The van der Waals surface area contributed by atoms with Gasteiger partial charge >= 0.3 is 0 Å². The SMILES string of the molecule is Cc1cc([C@@H]2C[C@H](c3cc(-c4ccc(Cl)cc4F)c4nc(C)c(C)c(=O)n4n3)CCO2)ccn1. The first-order valence-electron chi connectivity index (χ1n) is 11.2. The molecular formula is C26H24ClFN4O2. The van der Waals surface area contributed by atoms with Crippen molar-refractivity contribution >= 4 is 17.2 Å². The molecule has 2 atom stereocenters. The van der Waals surface area contributed by atoms with E-state index in [-0.39, 0.29) is 17.6 Å². The lowest BCUT2D eigenvalue weighted by Crippen LogP contribution is -2.25. The minimum Gasteiger partial charge on any atom is -0.373 e. The third kappa shape index (κ3) is 4.10. The number of hydrogen-bond acceptors (Lipinski definition) is 5. The highest BCUT2D eigenvalue weighted by Gasteiger charge is 2.28. The second-order valence-electron chi connectivity index (χ2n) is 8.78. The smallest absolute Gasteiger partial charge is 0.277 e. The third-order valence-corrected chi connectivity index (χ3v) is 6.73. The lowest BCUT2D eigenvalue weighted by Gasteiger charge is -2.30. The highest BCUT2D eigenvalue weighted by molar-refractivity contribution is 6.30. The normalized spacial score (nSPS) is 18.4. The van der Waals surface area contributed by atoms with Gasteiger partial charge in [-0.1, -0.05) is 11.6 Å². The molecule has 0 saturated carbocycles. The Morgan fingerprint density at radius 2 is 1.94 bits per heavy atom. The highest BCUT2D eigenvalue weighted by atomic mass is 35.5. The molecule has 0 bridgehead atoms. The monoisotopic (exact) mass is 478 g/mol. The first kappa shape index (κ1) is 22.6. The van der Waals surface area contributed by atoms with Gasteiger partial charge in [-0.2, -0.15) is 9.61 Å². The van der Waals surface area contributed by atoms with Gasteiger partial charge < -0.3 is 4.74 Å². The predicted molar refractivity (Wildman–Crippen MR) is 129 cm³/mol. The van der Waals surface area contributed by atoms with Crippen molar-refractivity contribution in [1.82, 2.24) is 19.6 Å². The maximum absolute atomic E-state index is 15.0. The number of halogens is 2. The summed E-state index contributed by atoms with van der Waals surface area (Å²) in [5.74, 6) is -0.449. The molecule has 8 heteroatoms. The van der Waals surface area contributed by atoms with Gasteiger partial charge in [0, 0.05) is 51.8 Å². The van der Waals surface area contributed by atoms with Crippen LogP contribution in [-0.2, 0) is 4.74 Å². The maximum atomic E-state index is 15.0. The van der Waals surface area contributed by atoms with Crippen molar-refractivity contribution in [2.24, 2.45) is 0 Å². The van der Waals surface area contributed by atoms with Crippen LogP contribution in [0.25, 0.3) is 16.8 Å². The second kappa shape index (κ2) is 8.89. The van der Waals surface area contributed by atoms with E-state index in [4.69, 9.17) is 21.4 Å². The molecule has 174 valence electrons. The average molecular weight is 479 g/mol. The molecule has 1 aliphatic rings. The van der Waals surface area contributed by atoms with Crippen LogP contribution < -0.4 is 5.56 Å². The van der Waals surface area contributed by atoms with E-state index < -0.39 is 5.82 Å². The zero-order chi connectivity index (χ0) is 24.0. The van der Waals surface area contributed by atoms with Gasteiger partial charge in [-0.25, -0.2) is 9.37 Å². The molecule has 3 aromatic heterocycles. The van der Waals surface area contributed by atoms with Crippen LogP contribution in [0.4, 0.5) is 4.39 Å². The van der Waals surface area contributed by atoms with E-state index in [1.807, 2.05) is 25.1 Å². The fourth-order valence-corrected chi connectivity index (χ4v) is 4.65. The van der Waals surface area contributed by atoms with Gasteiger partial charge in [-0.05, 0) is 75.6 Å². The molecule has 1 aliphatic heterocycles. The van der Waals surface area contributed by atoms with E-state index in [1.165, 1.54) is 10.6 Å². The zero-order valence-electron chi connectivity index (χ0n) is 19.2. The number of pyridine rings is 1. The standard InChI is InChI=1S/C26H24ClFN4O2/c1-14-10-18(6-8-29-14)24-11-17(7-9-34-24)23-13-21(20-5-4-19(27)12-22(20)28)25-30-16(3)15(2)26(33)32(25)31-23/h4-6,8,10,12-13,17,24H,7,9,11H2,1-3H3/t17-,24+/m1/s1. The molecule has 6 nitrogen and oxygen atoms in total. The average Bonchev–Trinajstić information content (AvgIpc) is 2.82. The summed E-state index contributed by atoms with van der Waals surface area (Å²) in [5, 5.41) is 5.01. The summed E-state index contributed by atoms with van der Waals surface area (Å²) < 4.78 is 22.4. The van der Waals surface area contributed by atoms with Crippen molar-refractivity contribution in [3.05, 3.63) is 92.0 Å². The van der Waals surface area contributed by atoms with Crippen LogP contribution in [0, 0.1) is 26.6 Å². The van der Waals surface area contributed by atoms with Crippen molar-refractivity contribution in [3.63, 3.8) is 0 Å². The predicted octanol–water partition coefficient (Wildman–Crippen LogP) is 5.50. The van der Waals surface area contributed by atoms with E-state index in [0.29, 0.717) is 51.8 Å². The van der Waals surface area contributed by atoms with Crippen LogP contribution in [0.5, 0.6) is 0 Å². The van der Waals surface area contributed by atoms with E-state index in [1.54, 1.807) is 32.2 Å². The van der Waals surface area contributed by atoms with E-state index >= 15 is 0 Å². The van der Waals surface area contributed by atoms with Gasteiger partial charge in [0.05, 0.1) is 11.8 Å². The Bertz CT molecular complexity index is 1470. The zero-order valence-corrected chi connectivity index (χ0v) is 19.9. The van der Waals surface area contributed by atoms with Crippen LogP contribution >= 0.6 is 11.6 Å². The second-order valence-corrected chi connectivity index (χ2v) is 9.22. The van der Waals surface area contributed by atoms with Crippen LogP contribution in [0.15, 0.2) is 47.4 Å². The Labute approximate surface area is 201 Å². The molecular weight excluding hydrogens is 455 g/mol. The van der Waals surface area contributed by atoms with Crippen molar-refractivity contribution in [1.29, 1.82) is 0 Å². The number of nitrogens with zero attached hydrogens (tertiary/aromatic N) is 4. The van der Waals surface area contributed by atoms with Gasteiger partial charge in [0.1, 0.15) is 5.82 Å². The van der Waals surface area contributed by atoms with Gasteiger partial charge in [0.2, 0.25) is 0 Å². The Kier molecular flexibility index (Phi) is 5.91. The fourth-order valence-electron chi connectivity index (χ4n) is 4.49. The Morgan fingerprint density at radius 3 is 2.71 bits per heavy atom. The number of fused-ring (bicyclic) bond motifs is 1. The summed E-state index contributed by atoms with van der Waals surface area (Å²) in [7, 11) is 0. The van der Waals surface area contributed by atoms with Crippen LogP contribution in [0.1, 0.15) is 53.1 Å². The minimum atomic E-state index is -0.476. The topological polar surface area (TPSA) is 69.4 Å². The minimum absolute atomic E-state index is 0.0271. The summed E-state index contributed by atoms with van der Waals surface area (Å²) in [5.41, 5.74) is 4.72. The molecule has 0 N–H and O–H groups in total. The molecule has 1 fully saturated rings. The van der Waals surface area contributed by atoms with Gasteiger partial charge in [-0.15, -0.1) is 0 Å². The molecule has 1 aromatic carbocycles. The molecule has 4 heterocycles. The van der Waals surface area contributed by atoms with Gasteiger partial charge in [0.15, 0.2) is 5.65 Å². The molecule has 0 aliphatic carbocycles. The first-order chi connectivity index (χ1) is 16.3.